The molecule has 0 radical (unpaired) electrons. The fourth-order valence-electron chi connectivity index (χ4n) is 2.61. The lowest BCUT2D eigenvalue weighted by Crippen LogP contribution is -2.11. The van der Waals surface area contributed by atoms with Gasteiger partial charge in [-0.2, -0.15) is 0 Å². The Bertz CT molecular complexity index is 913. The fourth-order valence-corrected chi connectivity index (χ4v) is 4.34. The maximum absolute atomic E-state index is 12.4. The predicted molar refractivity (Wildman–Crippen MR) is 106 cm³/mol. The van der Waals surface area contributed by atoms with Crippen LogP contribution >= 0.6 is 23.7 Å². The number of carbonyl (C=O) groups excluding carboxylic acids is 1. The summed E-state index contributed by atoms with van der Waals surface area (Å²) in [5.41, 5.74) is 3.81. The van der Waals surface area contributed by atoms with E-state index in [0.717, 1.165) is 32.5 Å². The second-order valence-electron chi connectivity index (χ2n) is 5.64. The summed E-state index contributed by atoms with van der Waals surface area (Å²) in [5.74, 6) is 0.820. The molecule has 3 nitrogen and oxygen atoms in total. The summed E-state index contributed by atoms with van der Waals surface area (Å²) in [5, 5.41) is 3.02. The van der Waals surface area contributed by atoms with Crippen molar-refractivity contribution in [3.8, 4) is 0 Å². The lowest BCUT2D eigenvalue weighted by atomic mass is 10.2. The Kier molecular flexibility index (Phi) is 4.68. The second-order valence-corrected chi connectivity index (χ2v) is 7.50. The van der Waals surface area contributed by atoms with Gasteiger partial charge in [-0.1, -0.05) is 54.2 Å². The molecule has 25 heavy (non-hydrogen) atoms. The molecule has 0 unspecified atom stereocenters. The molecule has 0 fully saturated rings. The summed E-state index contributed by atoms with van der Waals surface area (Å²) < 4.78 is 3.36. The van der Waals surface area contributed by atoms with E-state index in [1.165, 1.54) is 5.56 Å². The number of fused-ring (bicyclic) bond motifs is 2. The van der Waals surface area contributed by atoms with E-state index in [9.17, 15) is 4.79 Å². The second kappa shape index (κ2) is 7.25. The number of rotatable bonds is 4. The van der Waals surface area contributed by atoms with Gasteiger partial charge in [0.2, 0.25) is 0 Å². The molecule has 0 atom stereocenters. The van der Waals surface area contributed by atoms with Crippen molar-refractivity contribution in [2.45, 2.75) is 15.5 Å². The van der Waals surface area contributed by atoms with Crippen molar-refractivity contribution < 1.29 is 4.79 Å². The molecule has 3 aromatic carbocycles. The van der Waals surface area contributed by atoms with Gasteiger partial charge in [-0.05, 0) is 47.8 Å². The number of carbonyl (C=O) groups is 1. The van der Waals surface area contributed by atoms with Crippen molar-refractivity contribution in [3.05, 3.63) is 83.9 Å². The number of hydrogen-bond acceptors (Lipinski definition) is 4. The zero-order valence-corrected chi connectivity index (χ0v) is 15.0. The average Bonchev–Trinajstić information content (AvgIpc) is 2.78. The zero-order valence-electron chi connectivity index (χ0n) is 13.4. The molecular weight excluding hydrogens is 348 g/mol. The van der Waals surface area contributed by atoms with Crippen molar-refractivity contribution in [1.82, 2.24) is 0 Å². The van der Waals surface area contributed by atoms with Crippen LogP contribution in [0.25, 0.3) is 0 Å². The zero-order chi connectivity index (χ0) is 17.1. The van der Waals surface area contributed by atoms with Gasteiger partial charge in [0.1, 0.15) is 0 Å². The van der Waals surface area contributed by atoms with Crippen LogP contribution in [-0.4, -0.2) is 5.91 Å². The number of amides is 1. The van der Waals surface area contributed by atoms with E-state index in [1.54, 1.807) is 23.7 Å². The molecule has 124 valence electrons. The van der Waals surface area contributed by atoms with Crippen LogP contribution in [0.2, 0.25) is 0 Å². The molecule has 0 saturated carbocycles. The Labute approximate surface area is 155 Å². The summed E-state index contributed by atoms with van der Waals surface area (Å²) in [6.45, 7) is 0. The Morgan fingerprint density at radius 3 is 2.60 bits per heavy atom. The molecule has 1 heterocycles. The molecule has 0 aliphatic carbocycles. The third-order valence-corrected chi connectivity index (χ3v) is 5.86. The molecule has 0 aromatic heterocycles. The number of nitrogens with one attached hydrogen (secondary N) is 2. The third-order valence-electron chi connectivity index (χ3n) is 3.85. The van der Waals surface area contributed by atoms with Crippen LogP contribution in [0.1, 0.15) is 15.9 Å². The molecule has 1 aliphatic heterocycles. The summed E-state index contributed by atoms with van der Waals surface area (Å²) >= 11 is 3.25. The van der Waals surface area contributed by atoms with E-state index in [0.29, 0.717) is 0 Å². The lowest BCUT2D eigenvalue weighted by Gasteiger charge is -2.10. The molecule has 3 aromatic rings. The van der Waals surface area contributed by atoms with E-state index in [2.05, 4.69) is 22.2 Å². The highest BCUT2D eigenvalue weighted by atomic mass is 32.2. The SMILES string of the molecule is O=C1Nc2cc(NSCc3ccccc3)ccc2Sc2ccccc21. The highest BCUT2D eigenvalue weighted by Crippen LogP contribution is 2.40. The minimum Gasteiger partial charge on any atom is -0.329 e. The van der Waals surface area contributed by atoms with Gasteiger partial charge in [0, 0.05) is 21.2 Å². The molecule has 1 amide bonds. The Hall–Kier alpha value is -2.37. The van der Waals surface area contributed by atoms with Crippen molar-refractivity contribution in [3.63, 3.8) is 0 Å². The van der Waals surface area contributed by atoms with Gasteiger partial charge in [-0.25, -0.2) is 0 Å². The van der Waals surface area contributed by atoms with E-state index in [4.69, 9.17) is 0 Å². The largest absolute Gasteiger partial charge is 0.329 e. The van der Waals surface area contributed by atoms with Gasteiger partial charge in [-0.3, -0.25) is 4.79 Å². The first kappa shape index (κ1) is 16.1. The van der Waals surface area contributed by atoms with Gasteiger partial charge in [0.25, 0.3) is 5.91 Å². The van der Waals surface area contributed by atoms with Crippen LogP contribution in [0.4, 0.5) is 11.4 Å². The van der Waals surface area contributed by atoms with E-state index in [1.807, 2.05) is 60.7 Å². The molecule has 4 rings (SSSR count). The van der Waals surface area contributed by atoms with Crippen LogP contribution < -0.4 is 10.0 Å². The summed E-state index contributed by atoms with van der Waals surface area (Å²) in [4.78, 5) is 14.5. The molecular formula is C20H16N2OS2. The van der Waals surface area contributed by atoms with Crippen LogP contribution in [0, 0.1) is 0 Å². The molecule has 5 heteroatoms. The van der Waals surface area contributed by atoms with Crippen LogP contribution in [0.15, 0.2) is 82.6 Å². The van der Waals surface area contributed by atoms with Crippen LogP contribution in [0.3, 0.4) is 0 Å². The fraction of sp³-hybridized carbons (Fsp3) is 0.0500. The van der Waals surface area contributed by atoms with Gasteiger partial charge < -0.3 is 10.0 Å². The van der Waals surface area contributed by atoms with Crippen molar-refractivity contribution in [1.29, 1.82) is 0 Å². The minimum atomic E-state index is -0.0593. The Balaban J connectivity index is 1.49. The average molecular weight is 364 g/mol. The maximum Gasteiger partial charge on any atom is 0.256 e. The van der Waals surface area contributed by atoms with Gasteiger partial charge >= 0.3 is 0 Å². The molecule has 1 aliphatic rings. The van der Waals surface area contributed by atoms with Crippen molar-refractivity contribution in [2.75, 3.05) is 10.0 Å². The smallest absolute Gasteiger partial charge is 0.256 e. The number of hydrogen-bond donors (Lipinski definition) is 2. The predicted octanol–water partition coefficient (Wildman–Crippen LogP) is 5.66. The van der Waals surface area contributed by atoms with Crippen LogP contribution in [-0.2, 0) is 5.75 Å². The standard InChI is InChI=1S/C20H16N2OS2/c23-20-16-8-4-5-9-18(16)25-19-11-10-15(12-17(19)21-20)22-24-13-14-6-2-1-3-7-14/h1-12,22H,13H2,(H,21,23). The van der Waals surface area contributed by atoms with Gasteiger partial charge in [0.15, 0.2) is 0 Å². The summed E-state index contributed by atoms with van der Waals surface area (Å²) in [6.07, 6.45) is 0. The highest BCUT2D eigenvalue weighted by Gasteiger charge is 2.19. The van der Waals surface area contributed by atoms with Gasteiger partial charge in [0.05, 0.1) is 11.3 Å². The molecule has 0 saturated heterocycles. The first-order chi connectivity index (χ1) is 12.3. The Morgan fingerprint density at radius 2 is 1.72 bits per heavy atom. The molecule has 0 spiro atoms. The van der Waals surface area contributed by atoms with E-state index in [-0.39, 0.29) is 5.91 Å². The highest BCUT2D eigenvalue weighted by molar-refractivity contribution is 8.00. The summed E-state index contributed by atoms with van der Waals surface area (Å²) in [6, 6.07) is 24.1. The minimum absolute atomic E-state index is 0.0593. The monoisotopic (exact) mass is 364 g/mol. The number of anilines is 2. The molecule has 0 bridgehead atoms. The van der Waals surface area contributed by atoms with Crippen molar-refractivity contribution in [2.24, 2.45) is 0 Å². The van der Waals surface area contributed by atoms with Crippen LogP contribution in [0.5, 0.6) is 0 Å². The quantitative estimate of drug-likeness (QED) is 0.586. The third kappa shape index (κ3) is 3.67. The first-order valence-corrected chi connectivity index (χ1v) is 9.74. The normalized spacial score (nSPS) is 12.6. The van der Waals surface area contributed by atoms with Gasteiger partial charge in [-0.15, -0.1) is 0 Å². The maximum atomic E-state index is 12.4. The summed E-state index contributed by atoms with van der Waals surface area (Å²) in [7, 11) is 0. The topological polar surface area (TPSA) is 41.1 Å². The lowest BCUT2D eigenvalue weighted by molar-refractivity contribution is 0.102. The first-order valence-electron chi connectivity index (χ1n) is 7.93. The number of benzene rings is 3. The van der Waals surface area contributed by atoms with Crippen molar-refractivity contribution >= 4 is 41.0 Å². The van der Waals surface area contributed by atoms with E-state index < -0.39 is 0 Å². The van der Waals surface area contributed by atoms with E-state index >= 15 is 0 Å². The Morgan fingerprint density at radius 1 is 0.920 bits per heavy atom. The molecule has 2 N–H and O–H groups in total.